The van der Waals surface area contributed by atoms with Gasteiger partial charge in [-0.2, -0.15) is 0 Å². The van der Waals surface area contributed by atoms with Crippen molar-refractivity contribution in [1.29, 1.82) is 0 Å². The van der Waals surface area contributed by atoms with Crippen molar-refractivity contribution < 1.29 is 9.59 Å². The zero-order chi connectivity index (χ0) is 15.9. The fraction of sp³-hybridized carbons (Fsp3) is 0.125. The Balaban J connectivity index is 1.77. The molecule has 0 aliphatic rings. The van der Waals surface area contributed by atoms with E-state index >= 15 is 0 Å². The second-order valence-corrected chi connectivity index (χ2v) is 5.34. The summed E-state index contributed by atoms with van der Waals surface area (Å²) >= 11 is 11.7. The number of rotatable bonds is 5. The van der Waals surface area contributed by atoms with Gasteiger partial charge in [0.05, 0.1) is 10.6 Å². The molecule has 0 fully saturated rings. The van der Waals surface area contributed by atoms with Crippen molar-refractivity contribution in [3.63, 3.8) is 0 Å². The smallest absolute Gasteiger partial charge is 0.252 e. The van der Waals surface area contributed by atoms with Gasteiger partial charge in [-0.25, -0.2) is 0 Å². The van der Waals surface area contributed by atoms with Gasteiger partial charge in [-0.15, -0.1) is 0 Å². The maximum Gasteiger partial charge on any atom is 0.252 e. The van der Waals surface area contributed by atoms with E-state index < -0.39 is 0 Å². The lowest BCUT2D eigenvalue weighted by molar-refractivity contribution is 0.0927. The molecule has 2 aromatic carbocycles. The van der Waals surface area contributed by atoms with Crippen LogP contribution < -0.4 is 10.6 Å². The second-order valence-electron chi connectivity index (χ2n) is 4.50. The number of carbonyl (C=O) groups excluding carboxylic acids is 2. The van der Waals surface area contributed by atoms with Gasteiger partial charge in [0.25, 0.3) is 11.8 Å². The van der Waals surface area contributed by atoms with Crippen LogP contribution in [0.4, 0.5) is 0 Å². The molecule has 0 atom stereocenters. The van der Waals surface area contributed by atoms with Crippen molar-refractivity contribution >= 4 is 35.0 Å². The van der Waals surface area contributed by atoms with E-state index in [4.69, 9.17) is 23.2 Å². The van der Waals surface area contributed by atoms with E-state index in [-0.39, 0.29) is 11.8 Å². The monoisotopic (exact) mass is 336 g/mol. The van der Waals surface area contributed by atoms with Gasteiger partial charge in [0.15, 0.2) is 0 Å². The Hall–Kier alpha value is -2.04. The fourth-order valence-electron chi connectivity index (χ4n) is 1.80. The van der Waals surface area contributed by atoms with Gasteiger partial charge in [-0.1, -0.05) is 35.3 Å². The molecule has 0 aliphatic heterocycles. The summed E-state index contributed by atoms with van der Waals surface area (Å²) in [6.07, 6.45) is 0. The summed E-state index contributed by atoms with van der Waals surface area (Å²) in [5, 5.41) is 6.37. The maximum atomic E-state index is 11.9. The molecule has 0 radical (unpaired) electrons. The Bertz CT molecular complexity index is 672. The van der Waals surface area contributed by atoms with Crippen LogP contribution in [0, 0.1) is 0 Å². The van der Waals surface area contributed by atoms with E-state index in [1.165, 1.54) is 0 Å². The third-order valence-corrected chi connectivity index (χ3v) is 3.50. The van der Waals surface area contributed by atoms with Gasteiger partial charge in [0.2, 0.25) is 0 Å². The van der Waals surface area contributed by atoms with Crippen LogP contribution in [0.2, 0.25) is 10.0 Å². The van der Waals surface area contributed by atoms with Gasteiger partial charge in [-0.3, -0.25) is 9.59 Å². The standard InChI is InChI=1S/C16H14Cl2N2O2/c17-12-7-5-11(6-8-12)15(21)19-9-10-20-16(22)13-3-1-2-4-14(13)18/h1-8H,9-10H2,(H,19,21)(H,20,22). The minimum Gasteiger partial charge on any atom is -0.350 e. The van der Waals surface area contributed by atoms with Crippen molar-refractivity contribution in [3.05, 3.63) is 69.7 Å². The molecule has 4 nitrogen and oxygen atoms in total. The van der Waals surface area contributed by atoms with E-state index in [0.717, 1.165) is 0 Å². The number of hydrogen-bond acceptors (Lipinski definition) is 2. The normalized spacial score (nSPS) is 10.1. The molecule has 0 spiro atoms. The first-order valence-corrected chi connectivity index (χ1v) is 7.40. The number of nitrogens with one attached hydrogen (secondary N) is 2. The van der Waals surface area contributed by atoms with Crippen LogP contribution in [0.15, 0.2) is 48.5 Å². The maximum absolute atomic E-state index is 11.9. The first kappa shape index (κ1) is 16.3. The van der Waals surface area contributed by atoms with Crippen molar-refractivity contribution in [2.75, 3.05) is 13.1 Å². The van der Waals surface area contributed by atoms with Gasteiger partial charge < -0.3 is 10.6 Å². The molecule has 0 saturated carbocycles. The number of halogens is 2. The van der Waals surface area contributed by atoms with Gasteiger partial charge in [0.1, 0.15) is 0 Å². The Labute approximate surface area is 138 Å². The molecule has 0 bridgehead atoms. The molecule has 6 heteroatoms. The topological polar surface area (TPSA) is 58.2 Å². The van der Waals surface area contributed by atoms with Gasteiger partial charge >= 0.3 is 0 Å². The van der Waals surface area contributed by atoms with Crippen molar-refractivity contribution in [3.8, 4) is 0 Å². The molecular weight excluding hydrogens is 323 g/mol. The molecule has 0 saturated heterocycles. The van der Waals surface area contributed by atoms with Crippen LogP contribution in [0.3, 0.4) is 0 Å². The van der Waals surface area contributed by atoms with E-state index in [1.54, 1.807) is 48.5 Å². The minimum absolute atomic E-state index is 0.219. The minimum atomic E-state index is -0.272. The second kappa shape index (κ2) is 7.82. The lowest BCUT2D eigenvalue weighted by Gasteiger charge is -2.08. The quantitative estimate of drug-likeness (QED) is 0.824. The van der Waals surface area contributed by atoms with Crippen molar-refractivity contribution in [2.45, 2.75) is 0 Å². The van der Waals surface area contributed by atoms with E-state index in [1.807, 2.05) is 0 Å². The summed E-state index contributed by atoms with van der Waals surface area (Å²) in [5.74, 6) is -0.491. The first-order valence-electron chi connectivity index (χ1n) is 6.64. The van der Waals surface area contributed by atoms with E-state index in [9.17, 15) is 9.59 Å². The lowest BCUT2D eigenvalue weighted by atomic mass is 10.2. The summed E-state index contributed by atoms with van der Waals surface area (Å²) in [4.78, 5) is 23.7. The summed E-state index contributed by atoms with van der Waals surface area (Å²) in [7, 11) is 0. The summed E-state index contributed by atoms with van der Waals surface area (Å²) in [5.41, 5.74) is 0.926. The molecule has 2 N–H and O–H groups in total. The Kier molecular flexibility index (Phi) is 5.81. The Morgan fingerprint density at radius 1 is 0.818 bits per heavy atom. The Morgan fingerprint density at radius 3 is 2.05 bits per heavy atom. The highest BCUT2D eigenvalue weighted by Crippen LogP contribution is 2.14. The van der Waals surface area contributed by atoms with Crippen LogP contribution >= 0.6 is 23.2 Å². The third-order valence-electron chi connectivity index (χ3n) is 2.92. The predicted octanol–water partition coefficient (Wildman–Crippen LogP) is 3.15. The number of hydrogen-bond donors (Lipinski definition) is 2. The molecule has 2 rings (SSSR count). The van der Waals surface area contributed by atoms with E-state index in [0.29, 0.717) is 34.3 Å². The van der Waals surface area contributed by atoms with Crippen molar-refractivity contribution in [1.82, 2.24) is 10.6 Å². The fourth-order valence-corrected chi connectivity index (χ4v) is 2.14. The van der Waals surface area contributed by atoms with Crippen LogP contribution in [-0.4, -0.2) is 24.9 Å². The van der Waals surface area contributed by atoms with Crippen LogP contribution in [0.25, 0.3) is 0 Å². The Morgan fingerprint density at radius 2 is 1.41 bits per heavy atom. The average Bonchev–Trinajstić information content (AvgIpc) is 2.52. The average molecular weight is 337 g/mol. The molecule has 0 aliphatic carbocycles. The van der Waals surface area contributed by atoms with Gasteiger partial charge in [0, 0.05) is 23.7 Å². The summed E-state index contributed by atoms with van der Waals surface area (Å²) in [6.45, 7) is 0.626. The third kappa shape index (κ3) is 4.48. The van der Waals surface area contributed by atoms with Crippen LogP contribution in [-0.2, 0) is 0 Å². The molecule has 0 unspecified atom stereocenters. The van der Waals surface area contributed by atoms with Gasteiger partial charge in [-0.05, 0) is 36.4 Å². The molecule has 2 aromatic rings. The summed E-state index contributed by atoms with van der Waals surface area (Å²) in [6, 6.07) is 13.4. The van der Waals surface area contributed by atoms with E-state index in [2.05, 4.69) is 10.6 Å². The molecule has 0 aromatic heterocycles. The highest BCUT2D eigenvalue weighted by molar-refractivity contribution is 6.33. The van der Waals surface area contributed by atoms with Crippen molar-refractivity contribution in [2.24, 2.45) is 0 Å². The highest BCUT2D eigenvalue weighted by Gasteiger charge is 2.09. The molecule has 0 heterocycles. The lowest BCUT2D eigenvalue weighted by Crippen LogP contribution is -2.34. The zero-order valence-electron chi connectivity index (χ0n) is 11.6. The number of amides is 2. The zero-order valence-corrected chi connectivity index (χ0v) is 13.1. The largest absolute Gasteiger partial charge is 0.350 e. The number of carbonyl (C=O) groups is 2. The summed E-state index contributed by atoms with van der Waals surface area (Å²) < 4.78 is 0. The molecule has 114 valence electrons. The van der Waals surface area contributed by atoms with Crippen LogP contribution in [0.1, 0.15) is 20.7 Å². The highest BCUT2D eigenvalue weighted by atomic mass is 35.5. The first-order chi connectivity index (χ1) is 10.6. The molecule has 2 amide bonds. The number of benzene rings is 2. The SMILES string of the molecule is O=C(NCCNC(=O)c1ccccc1Cl)c1ccc(Cl)cc1. The van der Waals surface area contributed by atoms with Crippen LogP contribution in [0.5, 0.6) is 0 Å². The predicted molar refractivity (Wildman–Crippen MR) is 87.6 cm³/mol. The molecule has 22 heavy (non-hydrogen) atoms. The molecular formula is C16H14Cl2N2O2.